The monoisotopic (exact) mass is 276 g/mol. The van der Waals surface area contributed by atoms with Gasteiger partial charge in [-0.1, -0.05) is 19.0 Å². The van der Waals surface area contributed by atoms with Gasteiger partial charge < -0.3 is 15.8 Å². The highest BCUT2D eigenvalue weighted by atomic mass is 16.4. The standard InChI is InChI=1S/C15H24N4O/c1-9-7-10(2)12(4)19(8-9)15-13(14(16)18-20)6-5-11(3)17-15/h5-6,9-10,12,20H,7-8H2,1-4H3,(H2,16,18). The minimum atomic E-state index is 0.116. The maximum Gasteiger partial charge on any atom is 0.173 e. The first-order chi connectivity index (χ1) is 9.43. The van der Waals surface area contributed by atoms with Crippen LogP contribution in [-0.4, -0.2) is 28.6 Å². The molecule has 2 rings (SSSR count). The minimum Gasteiger partial charge on any atom is -0.409 e. The fourth-order valence-corrected chi connectivity index (χ4v) is 3.01. The molecule has 1 saturated heterocycles. The van der Waals surface area contributed by atoms with E-state index < -0.39 is 0 Å². The van der Waals surface area contributed by atoms with Gasteiger partial charge in [0.15, 0.2) is 5.84 Å². The maximum atomic E-state index is 8.97. The number of hydrogen-bond donors (Lipinski definition) is 2. The summed E-state index contributed by atoms with van der Waals surface area (Å²) in [6, 6.07) is 4.16. The molecule has 2 heterocycles. The topological polar surface area (TPSA) is 74.7 Å². The average molecular weight is 276 g/mol. The second-order valence-electron chi connectivity index (χ2n) is 6.02. The van der Waals surface area contributed by atoms with Crippen LogP contribution in [0.5, 0.6) is 0 Å². The molecule has 1 aliphatic heterocycles. The molecule has 3 unspecified atom stereocenters. The number of anilines is 1. The van der Waals surface area contributed by atoms with Gasteiger partial charge in [0.05, 0.1) is 5.56 Å². The van der Waals surface area contributed by atoms with Crippen LogP contribution in [0.25, 0.3) is 0 Å². The van der Waals surface area contributed by atoms with E-state index in [1.165, 1.54) is 6.42 Å². The van der Waals surface area contributed by atoms with Crippen LogP contribution in [0, 0.1) is 18.8 Å². The van der Waals surface area contributed by atoms with E-state index in [9.17, 15) is 0 Å². The highest BCUT2D eigenvalue weighted by Gasteiger charge is 2.31. The normalized spacial score (nSPS) is 27.7. The lowest BCUT2D eigenvalue weighted by atomic mass is 9.85. The summed E-state index contributed by atoms with van der Waals surface area (Å²) in [6.45, 7) is 9.66. The zero-order valence-electron chi connectivity index (χ0n) is 12.7. The Bertz CT molecular complexity index is 515. The average Bonchev–Trinajstić information content (AvgIpc) is 2.42. The molecule has 0 saturated carbocycles. The van der Waals surface area contributed by atoms with Gasteiger partial charge in [0.2, 0.25) is 0 Å². The molecule has 0 bridgehead atoms. The van der Waals surface area contributed by atoms with Gasteiger partial charge in [-0.05, 0) is 44.2 Å². The van der Waals surface area contributed by atoms with Gasteiger partial charge in [-0.15, -0.1) is 0 Å². The molecule has 110 valence electrons. The highest BCUT2D eigenvalue weighted by Crippen LogP contribution is 2.32. The first-order valence-electron chi connectivity index (χ1n) is 7.16. The molecule has 5 heteroatoms. The van der Waals surface area contributed by atoms with Crippen molar-refractivity contribution in [3.05, 3.63) is 23.4 Å². The Morgan fingerprint density at radius 1 is 1.40 bits per heavy atom. The number of piperidine rings is 1. The zero-order chi connectivity index (χ0) is 14.9. The van der Waals surface area contributed by atoms with Gasteiger partial charge in [-0.25, -0.2) is 4.98 Å². The Morgan fingerprint density at radius 3 is 2.75 bits per heavy atom. The van der Waals surface area contributed by atoms with Crippen molar-refractivity contribution in [2.45, 2.75) is 40.2 Å². The molecular weight excluding hydrogens is 252 g/mol. The van der Waals surface area contributed by atoms with E-state index in [4.69, 9.17) is 10.9 Å². The summed E-state index contributed by atoms with van der Waals surface area (Å²) in [5, 5.41) is 12.1. The minimum absolute atomic E-state index is 0.116. The van der Waals surface area contributed by atoms with E-state index in [-0.39, 0.29) is 5.84 Å². The van der Waals surface area contributed by atoms with E-state index in [0.29, 0.717) is 23.4 Å². The fourth-order valence-electron chi connectivity index (χ4n) is 3.01. The number of oxime groups is 1. The summed E-state index contributed by atoms with van der Waals surface area (Å²) >= 11 is 0. The summed E-state index contributed by atoms with van der Waals surface area (Å²) in [6.07, 6.45) is 1.22. The molecule has 1 fully saturated rings. The number of amidine groups is 1. The SMILES string of the molecule is Cc1ccc(/C(N)=N/O)c(N2CC(C)CC(C)C2C)n1. The highest BCUT2D eigenvalue weighted by molar-refractivity contribution is 6.01. The Kier molecular flexibility index (Phi) is 4.16. The van der Waals surface area contributed by atoms with Crippen molar-refractivity contribution >= 4 is 11.7 Å². The van der Waals surface area contributed by atoms with Gasteiger partial charge in [0.25, 0.3) is 0 Å². The lowest BCUT2D eigenvalue weighted by molar-refractivity contribution is 0.295. The summed E-state index contributed by atoms with van der Waals surface area (Å²) in [7, 11) is 0. The molecule has 3 N–H and O–H groups in total. The molecule has 0 spiro atoms. The molecule has 1 aliphatic rings. The molecule has 0 radical (unpaired) electrons. The van der Waals surface area contributed by atoms with Crippen LogP contribution in [-0.2, 0) is 0 Å². The number of aryl methyl sites for hydroxylation is 1. The number of nitrogens with zero attached hydrogens (tertiary/aromatic N) is 3. The number of aromatic nitrogens is 1. The largest absolute Gasteiger partial charge is 0.409 e. The first kappa shape index (κ1) is 14.6. The molecule has 0 aromatic carbocycles. The fraction of sp³-hybridized carbons (Fsp3) is 0.600. The Labute approximate surface area is 120 Å². The zero-order valence-corrected chi connectivity index (χ0v) is 12.7. The third-order valence-corrected chi connectivity index (χ3v) is 4.27. The number of rotatable bonds is 2. The van der Waals surface area contributed by atoms with E-state index in [1.807, 2.05) is 19.1 Å². The summed E-state index contributed by atoms with van der Waals surface area (Å²) in [5.41, 5.74) is 7.44. The maximum absolute atomic E-state index is 8.97. The molecule has 5 nitrogen and oxygen atoms in total. The van der Waals surface area contributed by atoms with Crippen molar-refractivity contribution < 1.29 is 5.21 Å². The Balaban J connectivity index is 2.47. The van der Waals surface area contributed by atoms with E-state index in [0.717, 1.165) is 18.1 Å². The van der Waals surface area contributed by atoms with Crippen LogP contribution in [0.1, 0.15) is 38.4 Å². The molecule has 20 heavy (non-hydrogen) atoms. The van der Waals surface area contributed by atoms with Gasteiger partial charge in [-0.3, -0.25) is 0 Å². The van der Waals surface area contributed by atoms with Crippen LogP contribution in [0.15, 0.2) is 17.3 Å². The van der Waals surface area contributed by atoms with Gasteiger partial charge >= 0.3 is 0 Å². The summed E-state index contributed by atoms with van der Waals surface area (Å²) in [4.78, 5) is 6.93. The molecule has 3 atom stereocenters. The second-order valence-corrected chi connectivity index (χ2v) is 6.02. The van der Waals surface area contributed by atoms with Crippen LogP contribution < -0.4 is 10.6 Å². The number of hydrogen-bond acceptors (Lipinski definition) is 4. The lowest BCUT2D eigenvalue weighted by Gasteiger charge is -2.42. The Hall–Kier alpha value is -1.78. The van der Waals surface area contributed by atoms with Crippen molar-refractivity contribution in [1.82, 2.24) is 4.98 Å². The van der Waals surface area contributed by atoms with Crippen molar-refractivity contribution in [2.24, 2.45) is 22.7 Å². The quantitative estimate of drug-likeness (QED) is 0.376. The third kappa shape index (κ3) is 2.71. The number of nitrogens with two attached hydrogens (primary N) is 1. The second kappa shape index (κ2) is 5.69. The van der Waals surface area contributed by atoms with Crippen molar-refractivity contribution in [2.75, 3.05) is 11.4 Å². The van der Waals surface area contributed by atoms with Crippen molar-refractivity contribution in [3.8, 4) is 0 Å². The van der Waals surface area contributed by atoms with Crippen LogP contribution in [0.2, 0.25) is 0 Å². The van der Waals surface area contributed by atoms with Crippen molar-refractivity contribution in [1.29, 1.82) is 0 Å². The van der Waals surface area contributed by atoms with Gasteiger partial charge in [-0.2, -0.15) is 0 Å². The van der Waals surface area contributed by atoms with Gasteiger partial charge in [0, 0.05) is 18.3 Å². The van der Waals surface area contributed by atoms with E-state index in [1.54, 1.807) is 0 Å². The summed E-state index contributed by atoms with van der Waals surface area (Å²) < 4.78 is 0. The molecule has 1 aromatic rings. The van der Waals surface area contributed by atoms with Crippen LogP contribution in [0.3, 0.4) is 0 Å². The molecule has 0 aliphatic carbocycles. The molecule has 1 aromatic heterocycles. The van der Waals surface area contributed by atoms with Crippen LogP contribution in [0.4, 0.5) is 5.82 Å². The molecule has 0 amide bonds. The third-order valence-electron chi connectivity index (χ3n) is 4.27. The van der Waals surface area contributed by atoms with E-state index in [2.05, 4.69) is 35.8 Å². The van der Waals surface area contributed by atoms with Crippen LogP contribution >= 0.6 is 0 Å². The summed E-state index contributed by atoms with van der Waals surface area (Å²) in [5.74, 6) is 2.15. The number of pyridine rings is 1. The van der Waals surface area contributed by atoms with Crippen molar-refractivity contribution in [3.63, 3.8) is 0 Å². The van der Waals surface area contributed by atoms with E-state index >= 15 is 0 Å². The predicted molar refractivity (Wildman–Crippen MR) is 81.2 cm³/mol. The predicted octanol–water partition coefficient (Wildman–Crippen LogP) is 2.36. The smallest absolute Gasteiger partial charge is 0.173 e. The lowest BCUT2D eigenvalue weighted by Crippen LogP contribution is -2.47. The molecular formula is C15H24N4O. The Morgan fingerprint density at radius 2 is 2.10 bits per heavy atom. The first-order valence-corrected chi connectivity index (χ1v) is 7.16. The van der Waals surface area contributed by atoms with Gasteiger partial charge in [0.1, 0.15) is 5.82 Å².